The summed E-state index contributed by atoms with van der Waals surface area (Å²) in [5.41, 5.74) is 14.4. The van der Waals surface area contributed by atoms with E-state index in [1.54, 1.807) is 0 Å². The molecule has 1 aromatic heterocycles. The second-order valence-electron chi connectivity index (χ2n) is 14.1. The maximum absolute atomic E-state index is 6.68. The third kappa shape index (κ3) is 3.58. The first kappa shape index (κ1) is 27.0. The molecule has 0 spiro atoms. The first-order valence-corrected chi connectivity index (χ1v) is 17.0. The second-order valence-corrected chi connectivity index (χ2v) is 14.1. The summed E-state index contributed by atoms with van der Waals surface area (Å²) in [4.78, 5) is 0. The third-order valence-corrected chi connectivity index (χ3v) is 11.1. The van der Waals surface area contributed by atoms with Crippen LogP contribution in [0.15, 0.2) is 146 Å². The van der Waals surface area contributed by atoms with E-state index in [-0.39, 0.29) is 12.1 Å². The Kier molecular flexibility index (Phi) is 5.26. The zero-order chi connectivity index (χ0) is 32.4. The Hall–Kier alpha value is -6.00. The van der Waals surface area contributed by atoms with Gasteiger partial charge in [-0.1, -0.05) is 111 Å². The second kappa shape index (κ2) is 9.55. The van der Waals surface area contributed by atoms with Crippen LogP contribution in [0.2, 0.25) is 0 Å². The van der Waals surface area contributed by atoms with Crippen molar-refractivity contribution < 1.29 is 9.47 Å². The number of aromatic nitrogens is 1. The van der Waals surface area contributed by atoms with Crippen molar-refractivity contribution in [1.29, 1.82) is 0 Å². The molecule has 8 aromatic rings. The normalized spacial score (nSPS) is 14.4. The maximum Gasteiger partial charge on any atom is 0.260 e. The van der Waals surface area contributed by atoms with Crippen LogP contribution in [0.5, 0.6) is 23.0 Å². The van der Waals surface area contributed by atoms with Gasteiger partial charge in [0, 0.05) is 21.7 Å². The average Bonchev–Trinajstić information content (AvgIpc) is 3.48. The molecule has 4 heteroatoms. The molecule has 0 saturated heterocycles. The Balaban J connectivity index is 1.15. The predicted molar refractivity (Wildman–Crippen MR) is 201 cm³/mol. The highest BCUT2D eigenvalue weighted by atomic mass is 16.5. The van der Waals surface area contributed by atoms with Gasteiger partial charge in [0.05, 0.1) is 16.7 Å². The van der Waals surface area contributed by atoms with Gasteiger partial charge in [0.2, 0.25) is 0 Å². The van der Waals surface area contributed by atoms with Crippen molar-refractivity contribution in [2.45, 2.75) is 19.3 Å². The average molecular weight is 628 g/mol. The number of benzene rings is 7. The topological polar surface area (TPSA) is 23.4 Å². The van der Waals surface area contributed by atoms with Crippen molar-refractivity contribution in [3.05, 3.63) is 157 Å². The summed E-state index contributed by atoms with van der Waals surface area (Å²) in [6, 6.07) is 52.5. The summed E-state index contributed by atoms with van der Waals surface area (Å²) in [6.07, 6.45) is 0. The van der Waals surface area contributed by atoms with Gasteiger partial charge >= 0.3 is 0 Å². The van der Waals surface area contributed by atoms with Gasteiger partial charge in [-0.3, -0.25) is 0 Å². The van der Waals surface area contributed by atoms with E-state index in [0.29, 0.717) is 0 Å². The van der Waals surface area contributed by atoms with Crippen LogP contribution in [0.25, 0.3) is 49.7 Å². The number of fused-ring (bicyclic) bond motifs is 9. The van der Waals surface area contributed by atoms with Crippen LogP contribution >= 0.6 is 0 Å². The van der Waals surface area contributed by atoms with Gasteiger partial charge in [-0.25, -0.2) is 0 Å². The fourth-order valence-electron chi connectivity index (χ4n) is 8.86. The predicted octanol–water partition coefficient (Wildman–Crippen LogP) is 9.48. The van der Waals surface area contributed by atoms with E-state index < -0.39 is 0 Å². The van der Waals surface area contributed by atoms with Gasteiger partial charge in [0.1, 0.15) is 23.0 Å². The van der Waals surface area contributed by atoms with Gasteiger partial charge in [0.15, 0.2) is 0 Å². The molecule has 4 heterocycles. The van der Waals surface area contributed by atoms with E-state index in [2.05, 4.69) is 164 Å². The first-order valence-electron chi connectivity index (χ1n) is 17.0. The zero-order valence-electron chi connectivity index (χ0n) is 27.2. The molecule has 11 rings (SSSR count). The van der Waals surface area contributed by atoms with Crippen LogP contribution in [-0.4, -0.2) is 11.3 Å². The molecule has 0 saturated carbocycles. The Morgan fingerprint density at radius 1 is 0.510 bits per heavy atom. The molecule has 3 aliphatic rings. The van der Waals surface area contributed by atoms with E-state index >= 15 is 0 Å². The SMILES string of the molecule is CC1(C)c2ccccc2-n2c3ccccc3c3cc(-c4ccccc4-c4cc5c6c(c4)Oc4ccccc4B6c4ccccc4O5)cc1c32. The number of hydrogen-bond acceptors (Lipinski definition) is 2. The zero-order valence-corrected chi connectivity index (χ0v) is 27.2. The molecule has 0 atom stereocenters. The summed E-state index contributed by atoms with van der Waals surface area (Å²) in [5.74, 6) is 3.51. The minimum absolute atomic E-state index is 0.0575. The number of hydrogen-bond donors (Lipinski definition) is 0. The molecule has 0 bridgehead atoms. The molecular weight excluding hydrogens is 597 g/mol. The summed E-state index contributed by atoms with van der Waals surface area (Å²) in [7, 11) is 0. The minimum atomic E-state index is -0.183. The van der Waals surface area contributed by atoms with Crippen molar-refractivity contribution in [1.82, 2.24) is 4.57 Å². The van der Waals surface area contributed by atoms with Crippen LogP contribution in [0.3, 0.4) is 0 Å². The summed E-state index contributed by atoms with van der Waals surface area (Å²) in [5, 5.41) is 2.55. The molecule has 3 aliphatic heterocycles. The van der Waals surface area contributed by atoms with Crippen molar-refractivity contribution in [2.75, 3.05) is 0 Å². The lowest BCUT2D eigenvalue weighted by atomic mass is 9.35. The van der Waals surface area contributed by atoms with E-state index in [0.717, 1.165) is 39.6 Å². The number of nitrogens with zero attached hydrogens (tertiary/aromatic N) is 1. The summed E-state index contributed by atoms with van der Waals surface area (Å²) in [6.45, 7) is 4.79. The standard InChI is InChI=1S/C45H30BNO2/c1-45(2)33-16-6-10-20-38(33)47-37-19-9-5-15-31(37)32-23-27(24-34(45)44(32)47)29-13-3-4-14-30(29)28-25-41-43-42(26-28)49-40-22-12-8-18-36(40)46(43)35-17-7-11-21-39(35)48-41/h3-26H,1-2H3. The Morgan fingerprint density at radius 2 is 1.08 bits per heavy atom. The lowest BCUT2D eigenvalue weighted by Crippen LogP contribution is -2.57. The number of para-hydroxylation sites is 4. The van der Waals surface area contributed by atoms with Crippen LogP contribution in [-0.2, 0) is 5.41 Å². The van der Waals surface area contributed by atoms with Crippen LogP contribution in [0.1, 0.15) is 25.0 Å². The quantitative estimate of drug-likeness (QED) is 0.178. The van der Waals surface area contributed by atoms with Crippen molar-refractivity contribution in [2.24, 2.45) is 0 Å². The van der Waals surface area contributed by atoms with E-state index in [4.69, 9.17) is 9.47 Å². The van der Waals surface area contributed by atoms with Gasteiger partial charge < -0.3 is 14.0 Å². The monoisotopic (exact) mass is 627 g/mol. The molecule has 0 aliphatic carbocycles. The highest BCUT2D eigenvalue weighted by molar-refractivity contribution is 6.98. The first-order chi connectivity index (χ1) is 24.1. The fourth-order valence-corrected chi connectivity index (χ4v) is 8.86. The molecule has 0 unspecified atom stereocenters. The van der Waals surface area contributed by atoms with Gasteiger partial charge in [-0.15, -0.1) is 0 Å². The van der Waals surface area contributed by atoms with Gasteiger partial charge in [-0.2, -0.15) is 0 Å². The number of ether oxygens (including phenoxy) is 2. The molecule has 3 nitrogen and oxygen atoms in total. The molecule has 0 amide bonds. The largest absolute Gasteiger partial charge is 0.458 e. The highest BCUT2D eigenvalue weighted by Crippen LogP contribution is 2.50. The van der Waals surface area contributed by atoms with Gasteiger partial charge in [-0.05, 0) is 92.8 Å². The van der Waals surface area contributed by atoms with E-state index in [1.165, 1.54) is 60.7 Å². The lowest BCUT2D eigenvalue weighted by molar-refractivity contribution is 0.465. The molecular formula is C45H30BNO2. The minimum Gasteiger partial charge on any atom is -0.458 e. The maximum atomic E-state index is 6.68. The van der Waals surface area contributed by atoms with Crippen LogP contribution < -0.4 is 25.9 Å². The Morgan fingerprint density at radius 3 is 1.80 bits per heavy atom. The molecule has 7 aromatic carbocycles. The van der Waals surface area contributed by atoms with E-state index in [1.807, 2.05) is 0 Å². The molecule has 0 radical (unpaired) electrons. The highest BCUT2D eigenvalue weighted by Gasteiger charge is 2.40. The molecule has 49 heavy (non-hydrogen) atoms. The molecule has 0 N–H and O–H groups in total. The Labute approximate surface area is 285 Å². The number of rotatable bonds is 2. The lowest BCUT2D eigenvalue weighted by Gasteiger charge is -2.35. The van der Waals surface area contributed by atoms with Crippen molar-refractivity contribution >= 4 is 44.9 Å². The van der Waals surface area contributed by atoms with E-state index in [9.17, 15) is 0 Å². The van der Waals surface area contributed by atoms with Crippen molar-refractivity contribution in [3.63, 3.8) is 0 Å². The third-order valence-electron chi connectivity index (χ3n) is 11.1. The summed E-state index contributed by atoms with van der Waals surface area (Å²) >= 11 is 0. The smallest absolute Gasteiger partial charge is 0.260 e. The Bertz CT molecular complexity index is 2650. The van der Waals surface area contributed by atoms with Crippen LogP contribution in [0, 0.1) is 0 Å². The molecule has 230 valence electrons. The van der Waals surface area contributed by atoms with Crippen LogP contribution in [0.4, 0.5) is 0 Å². The molecule has 0 fully saturated rings. The van der Waals surface area contributed by atoms with Gasteiger partial charge in [0.25, 0.3) is 6.71 Å². The fraction of sp³-hybridized carbons (Fsp3) is 0.0667. The summed E-state index contributed by atoms with van der Waals surface area (Å²) < 4.78 is 15.8. The van der Waals surface area contributed by atoms with Crippen molar-refractivity contribution in [3.8, 4) is 50.9 Å².